The summed E-state index contributed by atoms with van der Waals surface area (Å²) in [4.78, 5) is 35.7. The lowest BCUT2D eigenvalue weighted by molar-refractivity contribution is -0.143. The molecule has 1 heterocycles. The first kappa shape index (κ1) is 24.6. The average molecular weight is 503 g/mol. The van der Waals surface area contributed by atoms with Crippen LogP contribution < -0.4 is 15.4 Å². The molecule has 0 unspecified atom stereocenters. The van der Waals surface area contributed by atoms with Crippen molar-refractivity contribution in [3.63, 3.8) is 0 Å². The van der Waals surface area contributed by atoms with E-state index in [1.165, 1.54) is 0 Å². The molecule has 35 heavy (non-hydrogen) atoms. The van der Waals surface area contributed by atoms with E-state index in [1.807, 2.05) is 17.5 Å². The lowest BCUT2D eigenvalue weighted by Gasteiger charge is -2.27. The van der Waals surface area contributed by atoms with Gasteiger partial charge < -0.3 is 20.5 Å². The van der Waals surface area contributed by atoms with Gasteiger partial charge in [0.05, 0.1) is 17.6 Å². The zero-order valence-electron chi connectivity index (χ0n) is 18.7. The van der Waals surface area contributed by atoms with Crippen LogP contribution in [0.3, 0.4) is 0 Å². The number of halogens is 2. The number of aliphatic carboxylic acids is 1. The summed E-state index contributed by atoms with van der Waals surface area (Å²) in [5.74, 6) is -4.56. The third-order valence-corrected chi connectivity index (χ3v) is 6.89. The largest absolute Gasteiger partial charge is 0.487 e. The normalized spacial score (nSPS) is 17.7. The van der Waals surface area contributed by atoms with Crippen LogP contribution in [0.15, 0.2) is 41.8 Å². The Morgan fingerprint density at radius 2 is 1.66 bits per heavy atom. The number of carboxylic acid groups (broad SMARTS) is 1. The van der Waals surface area contributed by atoms with Gasteiger partial charge in [0, 0.05) is 29.4 Å². The molecule has 1 aliphatic rings. The Morgan fingerprint density at radius 1 is 0.943 bits per heavy atom. The Labute approximate surface area is 204 Å². The topological polar surface area (TPSA) is 105 Å². The van der Waals surface area contributed by atoms with Gasteiger partial charge in [-0.3, -0.25) is 14.4 Å². The Balaban J connectivity index is 1.27. The summed E-state index contributed by atoms with van der Waals surface area (Å²) in [6, 6.07) is 8.88. The fraction of sp³-hybridized carbons (Fsp3) is 0.320. The number of carboxylic acids is 1. The fourth-order valence-electron chi connectivity index (χ4n) is 4.06. The number of amides is 2. The van der Waals surface area contributed by atoms with Crippen LogP contribution in [0.4, 0.5) is 8.78 Å². The SMILES string of the molecule is O=C(NCCNC(=O)c1cc(F)c(O[C@H]2CC[C@@H](C(=O)O)CC2)cc1F)c1ccc2sccc2c1. The summed E-state index contributed by atoms with van der Waals surface area (Å²) in [7, 11) is 0. The molecule has 0 saturated heterocycles. The quantitative estimate of drug-likeness (QED) is 0.397. The van der Waals surface area contributed by atoms with Crippen LogP contribution in [0.5, 0.6) is 5.75 Å². The Hall–Kier alpha value is -3.53. The van der Waals surface area contributed by atoms with Crippen LogP contribution in [-0.4, -0.2) is 42.1 Å². The molecule has 7 nitrogen and oxygen atoms in total. The molecule has 4 rings (SSSR count). The van der Waals surface area contributed by atoms with E-state index in [9.17, 15) is 23.2 Å². The van der Waals surface area contributed by atoms with Crippen LogP contribution in [0.25, 0.3) is 10.1 Å². The van der Waals surface area contributed by atoms with Crippen molar-refractivity contribution in [3.05, 3.63) is 64.5 Å². The van der Waals surface area contributed by atoms with Gasteiger partial charge in [0.25, 0.3) is 11.8 Å². The molecule has 1 saturated carbocycles. The van der Waals surface area contributed by atoms with E-state index in [-0.39, 0.29) is 24.7 Å². The molecule has 2 amide bonds. The monoisotopic (exact) mass is 502 g/mol. The Bertz CT molecular complexity index is 1250. The van der Waals surface area contributed by atoms with Crippen molar-refractivity contribution in [1.82, 2.24) is 10.6 Å². The van der Waals surface area contributed by atoms with Gasteiger partial charge in [0.15, 0.2) is 11.6 Å². The minimum absolute atomic E-state index is 0.0252. The van der Waals surface area contributed by atoms with Crippen LogP contribution in [0.1, 0.15) is 46.4 Å². The number of nitrogens with one attached hydrogen (secondary N) is 2. The summed E-state index contributed by atoms with van der Waals surface area (Å²) in [6.45, 7) is 0.133. The molecular weight excluding hydrogens is 478 g/mol. The number of thiophene rings is 1. The molecule has 3 aromatic rings. The molecule has 2 aromatic carbocycles. The van der Waals surface area contributed by atoms with Crippen LogP contribution in [0.2, 0.25) is 0 Å². The smallest absolute Gasteiger partial charge is 0.306 e. The highest BCUT2D eigenvalue weighted by atomic mass is 32.1. The highest BCUT2D eigenvalue weighted by molar-refractivity contribution is 7.17. The minimum atomic E-state index is -0.939. The number of carbonyl (C=O) groups excluding carboxylic acids is 2. The maximum absolute atomic E-state index is 14.5. The third-order valence-electron chi connectivity index (χ3n) is 5.99. The minimum Gasteiger partial charge on any atom is -0.487 e. The number of fused-ring (bicyclic) bond motifs is 1. The summed E-state index contributed by atoms with van der Waals surface area (Å²) in [5, 5.41) is 17.1. The number of benzene rings is 2. The highest BCUT2D eigenvalue weighted by Gasteiger charge is 2.28. The molecule has 0 spiro atoms. The van der Waals surface area contributed by atoms with E-state index in [2.05, 4.69) is 10.6 Å². The molecule has 1 aliphatic carbocycles. The first-order valence-corrected chi connectivity index (χ1v) is 12.1. The number of rotatable bonds is 8. The number of carbonyl (C=O) groups is 3. The van der Waals surface area contributed by atoms with Gasteiger partial charge in [-0.05, 0) is 66.8 Å². The van der Waals surface area contributed by atoms with Crippen molar-refractivity contribution in [2.75, 3.05) is 13.1 Å². The van der Waals surface area contributed by atoms with Crippen molar-refractivity contribution in [2.45, 2.75) is 31.8 Å². The fourth-order valence-corrected chi connectivity index (χ4v) is 4.83. The standard InChI is InChI=1S/C25H24F2N2O5S/c26-19-13-21(34-17-4-1-14(2-5-17)25(32)33)20(27)12-18(19)24(31)29-9-8-28-23(30)16-3-6-22-15(11-16)7-10-35-22/h3,6-7,10-14,17H,1-2,4-5,8-9H2,(H,28,30)(H,29,31)(H,32,33)/t14-,17+. The van der Waals surface area contributed by atoms with Gasteiger partial charge in [-0.1, -0.05) is 0 Å². The van der Waals surface area contributed by atoms with Gasteiger partial charge in [0.1, 0.15) is 5.82 Å². The summed E-state index contributed by atoms with van der Waals surface area (Å²) in [5.41, 5.74) is 0.0149. The summed E-state index contributed by atoms with van der Waals surface area (Å²) >= 11 is 1.58. The molecule has 10 heteroatoms. The summed E-state index contributed by atoms with van der Waals surface area (Å²) in [6.07, 6.45) is 1.25. The van der Waals surface area contributed by atoms with Crippen molar-refractivity contribution in [2.24, 2.45) is 5.92 Å². The molecule has 184 valence electrons. The molecule has 0 bridgehead atoms. The Kier molecular flexibility index (Phi) is 7.60. The maximum atomic E-state index is 14.5. The van der Waals surface area contributed by atoms with Crippen molar-refractivity contribution in [3.8, 4) is 5.75 Å². The van der Waals surface area contributed by atoms with Gasteiger partial charge >= 0.3 is 5.97 Å². The first-order valence-electron chi connectivity index (χ1n) is 11.2. The second-order valence-corrected chi connectivity index (χ2v) is 9.32. The second-order valence-electron chi connectivity index (χ2n) is 8.38. The van der Waals surface area contributed by atoms with Gasteiger partial charge in [0.2, 0.25) is 0 Å². The third kappa shape index (κ3) is 5.94. The second kappa shape index (κ2) is 10.8. The maximum Gasteiger partial charge on any atom is 0.306 e. The molecule has 3 N–H and O–H groups in total. The van der Waals surface area contributed by atoms with Crippen molar-refractivity contribution >= 4 is 39.2 Å². The predicted molar refractivity (Wildman–Crippen MR) is 127 cm³/mol. The van der Waals surface area contributed by atoms with E-state index in [1.54, 1.807) is 23.5 Å². The first-order chi connectivity index (χ1) is 16.8. The van der Waals surface area contributed by atoms with E-state index >= 15 is 0 Å². The number of ether oxygens (including phenoxy) is 1. The number of hydrogen-bond donors (Lipinski definition) is 3. The molecule has 1 fully saturated rings. The molecule has 1 aromatic heterocycles. The van der Waals surface area contributed by atoms with Crippen molar-refractivity contribution in [1.29, 1.82) is 0 Å². The molecular formula is C25H24F2N2O5S. The Morgan fingerprint density at radius 3 is 2.37 bits per heavy atom. The lowest BCUT2D eigenvalue weighted by atomic mass is 9.87. The van der Waals surface area contributed by atoms with Crippen LogP contribution >= 0.6 is 11.3 Å². The highest BCUT2D eigenvalue weighted by Crippen LogP contribution is 2.30. The number of hydrogen-bond acceptors (Lipinski definition) is 5. The van der Waals surface area contributed by atoms with Crippen LogP contribution in [-0.2, 0) is 4.79 Å². The molecule has 0 atom stereocenters. The zero-order chi connectivity index (χ0) is 24.9. The lowest BCUT2D eigenvalue weighted by Crippen LogP contribution is -2.35. The van der Waals surface area contributed by atoms with E-state index in [0.717, 1.165) is 22.2 Å². The van der Waals surface area contributed by atoms with Crippen LogP contribution in [0, 0.1) is 17.6 Å². The molecule has 0 aliphatic heterocycles. The zero-order valence-corrected chi connectivity index (χ0v) is 19.5. The van der Waals surface area contributed by atoms with E-state index in [4.69, 9.17) is 9.84 Å². The van der Waals surface area contributed by atoms with E-state index < -0.39 is 41.1 Å². The predicted octanol–water partition coefficient (Wildman–Crippen LogP) is 4.36. The van der Waals surface area contributed by atoms with Gasteiger partial charge in [-0.2, -0.15) is 0 Å². The average Bonchev–Trinajstić information content (AvgIpc) is 3.32. The van der Waals surface area contributed by atoms with E-state index in [0.29, 0.717) is 31.2 Å². The molecule has 0 radical (unpaired) electrons. The van der Waals surface area contributed by atoms with Gasteiger partial charge in [-0.15, -0.1) is 11.3 Å². The van der Waals surface area contributed by atoms with Crippen molar-refractivity contribution < 1.29 is 33.0 Å². The summed E-state index contributed by atoms with van der Waals surface area (Å²) < 4.78 is 35.6. The van der Waals surface area contributed by atoms with Gasteiger partial charge in [-0.25, -0.2) is 8.78 Å².